The maximum absolute atomic E-state index is 15.7. The van der Waals surface area contributed by atoms with Gasteiger partial charge in [0.2, 0.25) is 0 Å². The van der Waals surface area contributed by atoms with Crippen molar-refractivity contribution in [3.8, 4) is 28.5 Å². The molecule has 3 heterocycles. The maximum atomic E-state index is 15.7. The summed E-state index contributed by atoms with van der Waals surface area (Å²) >= 11 is 6.14. The Kier molecular flexibility index (Phi) is 6.18. The number of phenols is 1. The second-order valence-electron chi connectivity index (χ2n) is 8.55. The summed E-state index contributed by atoms with van der Waals surface area (Å²) in [6.07, 6.45) is 3.33. The SMILES string of the molecule is COc1c(OCCCN2CCCC2)cc(F)c2c(-c3ccc(O)c(Cl)c3)nc3[nH]nc(C)c3c12. The van der Waals surface area contributed by atoms with Crippen molar-refractivity contribution in [1.82, 2.24) is 20.1 Å². The second kappa shape index (κ2) is 9.27. The lowest BCUT2D eigenvalue weighted by atomic mass is 9.99. The van der Waals surface area contributed by atoms with Gasteiger partial charge in [-0.2, -0.15) is 5.10 Å². The third-order valence-corrected chi connectivity index (χ3v) is 6.64. The van der Waals surface area contributed by atoms with E-state index in [9.17, 15) is 5.11 Å². The highest BCUT2D eigenvalue weighted by atomic mass is 35.5. The molecule has 0 amide bonds. The number of fused-ring (bicyclic) bond motifs is 3. The maximum Gasteiger partial charge on any atom is 0.169 e. The van der Waals surface area contributed by atoms with Crippen LogP contribution in [0.5, 0.6) is 17.2 Å². The number of H-pyrrole nitrogens is 1. The van der Waals surface area contributed by atoms with E-state index >= 15 is 4.39 Å². The molecule has 4 aromatic rings. The van der Waals surface area contributed by atoms with Gasteiger partial charge in [-0.1, -0.05) is 11.6 Å². The van der Waals surface area contributed by atoms with Gasteiger partial charge in [-0.3, -0.25) is 5.10 Å². The third kappa shape index (κ3) is 4.01. The molecule has 5 rings (SSSR count). The molecular weight excluding hydrogens is 459 g/mol. The first-order chi connectivity index (χ1) is 16.5. The Morgan fingerprint density at radius 3 is 2.71 bits per heavy atom. The minimum Gasteiger partial charge on any atom is -0.506 e. The van der Waals surface area contributed by atoms with E-state index in [1.165, 1.54) is 25.0 Å². The first-order valence-corrected chi connectivity index (χ1v) is 11.7. The quantitative estimate of drug-likeness (QED) is 0.339. The Morgan fingerprint density at radius 2 is 1.97 bits per heavy atom. The topological polar surface area (TPSA) is 83.5 Å². The molecule has 0 saturated carbocycles. The van der Waals surface area contributed by atoms with Crippen LogP contribution in [0.25, 0.3) is 33.1 Å². The number of phenolic OH excluding ortho intramolecular Hbond substituents is 1. The molecule has 2 aromatic carbocycles. The molecule has 0 aliphatic carbocycles. The molecule has 178 valence electrons. The molecule has 1 saturated heterocycles. The van der Waals surface area contributed by atoms with Crippen molar-refractivity contribution in [1.29, 1.82) is 0 Å². The molecule has 7 nitrogen and oxygen atoms in total. The van der Waals surface area contributed by atoms with Crippen molar-refractivity contribution in [3.63, 3.8) is 0 Å². The number of aryl methyl sites for hydroxylation is 1. The number of rotatable bonds is 7. The third-order valence-electron chi connectivity index (χ3n) is 6.34. The fraction of sp³-hybridized carbons (Fsp3) is 0.360. The highest BCUT2D eigenvalue weighted by Gasteiger charge is 2.24. The number of ether oxygens (including phenoxy) is 2. The van der Waals surface area contributed by atoms with E-state index in [0.29, 0.717) is 51.5 Å². The predicted octanol–water partition coefficient (Wildman–Crippen LogP) is 5.46. The minimum atomic E-state index is -0.487. The largest absolute Gasteiger partial charge is 0.506 e. The predicted molar refractivity (Wildman–Crippen MR) is 131 cm³/mol. The van der Waals surface area contributed by atoms with Gasteiger partial charge in [0.15, 0.2) is 17.1 Å². The number of methoxy groups -OCH3 is 1. The fourth-order valence-electron chi connectivity index (χ4n) is 4.70. The number of hydrogen-bond acceptors (Lipinski definition) is 6. The molecule has 1 fully saturated rings. The van der Waals surface area contributed by atoms with Crippen molar-refractivity contribution < 1.29 is 19.0 Å². The Labute approximate surface area is 201 Å². The van der Waals surface area contributed by atoms with Crippen molar-refractivity contribution >= 4 is 33.4 Å². The number of benzene rings is 2. The summed E-state index contributed by atoms with van der Waals surface area (Å²) in [4.78, 5) is 7.07. The minimum absolute atomic E-state index is 0.0594. The van der Waals surface area contributed by atoms with Gasteiger partial charge in [0, 0.05) is 28.9 Å². The highest BCUT2D eigenvalue weighted by molar-refractivity contribution is 6.32. The summed E-state index contributed by atoms with van der Waals surface area (Å²) in [5, 5.41) is 18.7. The summed E-state index contributed by atoms with van der Waals surface area (Å²) in [6, 6.07) is 6.02. The van der Waals surface area contributed by atoms with E-state index in [2.05, 4.69) is 20.1 Å². The van der Waals surface area contributed by atoms with E-state index in [0.717, 1.165) is 26.1 Å². The zero-order valence-electron chi connectivity index (χ0n) is 19.1. The average molecular weight is 485 g/mol. The molecule has 1 aliphatic heterocycles. The number of nitrogens with zero attached hydrogens (tertiary/aromatic N) is 3. The van der Waals surface area contributed by atoms with E-state index in [-0.39, 0.29) is 16.2 Å². The second-order valence-corrected chi connectivity index (χ2v) is 8.96. The Hall–Kier alpha value is -3.10. The summed E-state index contributed by atoms with van der Waals surface area (Å²) in [5.74, 6) is 0.229. The van der Waals surface area contributed by atoms with Crippen LogP contribution in [-0.4, -0.2) is 58.5 Å². The molecule has 0 bridgehead atoms. The molecule has 0 radical (unpaired) electrons. The van der Waals surface area contributed by atoms with Crippen LogP contribution in [-0.2, 0) is 0 Å². The Bertz CT molecular complexity index is 1370. The highest BCUT2D eigenvalue weighted by Crippen LogP contribution is 2.45. The van der Waals surface area contributed by atoms with Crippen LogP contribution in [0.15, 0.2) is 24.3 Å². The van der Waals surface area contributed by atoms with Crippen LogP contribution in [0, 0.1) is 12.7 Å². The number of nitrogens with one attached hydrogen (secondary N) is 1. The van der Waals surface area contributed by atoms with E-state index in [1.807, 2.05) is 6.92 Å². The van der Waals surface area contributed by atoms with Gasteiger partial charge < -0.3 is 19.5 Å². The van der Waals surface area contributed by atoms with Crippen LogP contribution < -0.4 is 9.47 Å². The monoisotopic (exact) mass is 484 g/mol. The Balaban J connectivity index is 1.63. The molecule has 0 atom stereocenters. The Morgan fingerprint density at radius 1 is 1.18 bits per heavy atom. The average Bonchev–Trinajstić information content (AvgIpc) is 3.48. The van der Waals surface area contributed by atoms with Crippen LogP contribution >= 0.6 is 11.6 Å². The van der Waals surface area contributed by atoms with Gasteiger partial charge >= 0.3 is 0 Å². The molecule has 0 spiro atoms. The summed E-state index contributed by atoms with van der Waals surface area (Å²) < 4.78 is 27.5. The number of halogens is 2. The van der Waals surface area contributed by atoms with Gasteiger partial charge in [-0.15, -0.1) is 0 Å². The van der Waals surface area contributed by atoms with Gasteiger partial charge in [0.05, 0.1) is 35.5 Å². The van der Waals surface area contributed by atoms with Crippen molar-refractivity contribution in [2.75, 3.05) is 33.4 Å². The number of aromatic amines is 1. The fourth-order valence-corrected chi connectivity index (χ4v) is 4.88. The van der Waals surface area contributed by atoms with Crippen LogP contribution in [0.3, 0.4) is 0 Å². The zero-order valence-corrected chi connectivity index (χ0v) is 19.9. The standard InChI is InChI=1S/C25H26ClFN4O3/c1-14-20-22-21(23(28-25(20)30-29-14)15-6-7-18(32)16(26)12-15)17(27)13-19(24(22)33-2)34-11-5-10-31-8-3-4-9-31/h6-7,12-13,32H,3-5,8-11H2,1-2H3,(H,28,29,30). The smallest absolute Gasteiger partial charge is 0.169 e. The van der Waals surface area contributed by atoms with E-state index in [4.69, 9.17) is 21.1 Å². The molecule has 2 aromatic heterocycles. The molecule has 34 heavy (non-hydrogen) atoms. The van der Waals surface area contributed by atoms with Gasteiger partial charge in [0.25, 0.3) is 0 Å². The van der Waals surface area contributed by atoms with E-state index in [1.54, 1.807) is 19.2 Å². The number of pyridine rings is 1. The summed E-state index contributed by atoms with van der Waals surface area (Å²) in [6.45, 7) is 5.50. The molecule has 1 aliphatic rings. The molecular formula is C25H26ClFN4O3. The van der Waals surface area contributed by atoms with Gasteiger partial charge in [0.1, 0.15) is 11.6 Å². The van der Waals surface area contributed by atoms with Crippen molar-refractivity contribution in [3.05, 3.63) is 40.8 Å². The van der Waals surface area contributed by atoms with Gasteiger partial charge in [-0.25, -0.2) is 9.37 Å². The lowest BCUT2D eigenvalue weighted by Gasteiger charge is -2.18. The van der Waals surface area contributed by atoms with Crippen LogP contribution in [0.1, 0.15) is 25.0 Å². The number of likely N-dealkylation sites (tertiary alicyclic amines) is 1. The zero-order chi connectivity index (χ0) is 23.8. The van der Waals surface area contributed by atoms with Crippen LogP contribution in [0.4, 0.5) is 4.39 Å². The van der Waals surface area contributed by atoms with Crippen molar-refractivity contribution in [2.45, 2.75) is 26.2 Å². The first kappa shape index (κ1) is 22.7. The molecule has 9 heteroatoms. The lowest BCUT2D eigenvalue weighted by Crippen LogP contribution is -2.22. The number of hydrogen-bond donors (Lipinski definition) is 2. The summed E-state index contributed by atoms with van der Waals surface area (Å²) in [7, 11) is 1.54. The van der Waals surface area contributed by atoms with Crippen LogP contribution in [0.2, 0.25) is 5.02 Å². The summed E-state index contributed by atoms with van der Waals surface area (Å²) in [5.41, 5.74) is 2.09. The van der Waals surface area contributed by atoms with E-state index < -0.39 is 5.82 Å². The molecule has 2 N–H and O–H groups in total. The molecule has 0 unspecified atom stereocenters. The normalized spacial score (nSPS) is 14.4. The van der Waals surface area contributed by atoms with Crippen molar-refractivity contribution in [2.24, 2.45) is 0 Å². The first-order valence-electron chi connectivity index (χ1n) is 11.4. The van der Waals surface area contributed by atoms with Gasteiger partial charge in [-0.05, 0) is 57.5 Å². The number of aromatic hydroxyl groups is 1. The lowest BCUT2D eigenvalue weighted by molar-refractivity contribution is 0.254. The number of aromatic nitrogens is 3.